The third-order valence-corrected chi connectivity index (χ3v) is 4.83. The van der Waals surface area contributed by atoms with Gasteiger partial charge in [-0.3, -0.25) is 9.36 Å². The van der Waals surface area contributed by atoms with Crippen molar-refractivity contribution in [2.24, 2.45) is 0 Å². The first kappa shape index (κ1) is 15.5. The van der Waals surface area contributed by atoms with E-state index in [0.717, 1.165) is 11.1 Å². The van der Waals surface area contributed by atoms with Gasteiger partial charge in [0, 0.05) is 11.8 Å². The Morgan fingerprint density at radius 1 is 1.09 bits per heavy atom. The maximum Gasteiger partial charge on any atom is 0.259 e. The van der Waals surface area contributed by atoms with Gasteiger partial charge in [0.15, 0.2) is 0 Å². The van der Waals surface area contributed by atoms with Crippen molar-refractivity contribution in [1.29, 1.82) is 0 Å². The average molecular weight is 310 g/mol. The van der Waals surface area contributed by atoms with Gasteiger partial charge < -0.3 is 9.90 Å². The molecule has 0 bridgehead atoms. The Labute approximate surface area is 135 Å². The number of aromatic nitrogens is 1. The Hall–Kier alpha value is -2.36. The molecule has 0 spiro atoms. The minimum absolute atomic E-state index is 0.444. The van der Waals surface area contributed by atoms with Crippen molar-refractivity contribution in [3.8, 4) is 11.1 Å². The average Bonchev–Trinajstić information content (AvgIpc) is 2.58. The summed E-state index contributed by atoms with van der Waals surface area (Å²) in [6.07, 6.45) is 5.91. The monoisotopic (exact) mass is 310 g/mol. The van der Waals surface area contributed by atoms with Gasteiger partial charge >= 0.3 is 0 Å². The summed E-state index contributed by atoms with van der Waals surface area (Å²) < 4.78 is 0.627. The van der Waals surface area contributed by atoms with Gasteiger partial charge in [0.2, 0.25) is 0 Å². The summed E-state index contributed by atoms with van der Waals surface area (Å²) in [6.45, 7) is 1.68. The molecule has 1 fully saturated rings. The molecule has 1 aliphatic rings. The van der Waals surface area contributed by atoms with Crippen LogP contribution in [0.2, 0.25) is 0 Å². The molecule has 0 unspecified atom stereocenters. The lowest BCUT2D eigenvalue weighted by molar-refractivity contribution is -0.250. The second-order valence-electron chi connectivity index (χ2n) is 6.22. The van der Waals surface area contributed by atoms with E-state index in [1.165, 1.54) is 43.9 Å². The van der Waals surface area contributed by atoms with Gasteiger partial charge in [0.05, 0.1) is 0 Å². The molecule has 1 aliphatic carbocycles. The molecule has 0 amide bonds. The summed E-state index contributed by atoms with van der Waals surface area (Å²) >= 11 is 0. The van der Waals surface area contributed by atoms with Crippen LogP contribution in [0.1, 0.15) is 49.1 Å². The summed E-state index contributed by atoms with van der Waals surface area (Å²) in [4.78, 5) is 23.2. The Kier molecular flexibility index (Phi) is 4.33. The molecule has 23 heavy (non-hydrogen) atoms. The number of benzene rings is 1. The number of carbonyl (C=O) groups is 1. The van der Waals surface area contributed by atoms with E-state index in [1.807, 2.05) is 18.2 Å². The van der Waals surface area contributed by atoms with Crippen LogP contribution >= 0.6 is 0 Å². The molecule has 1 saturated carbocycles. The largest absolute Gasteiger partial charge is 0.529 e. The van der Waals surface area contributed by atoms with Gasteiger partial charge in [0.1, 0.15) is 6.09 Å². The van der Waals surface area contributed by atoms with Crippen LogP contribution in [-0.2, 0) is 0 Å². The molecule has 0 saturated heterocycles. The van der Waals surface area contributed by atoms with Gasteiger partial charge in [-0.05, 0) is 48.4 Å². The second-order valence-corrected chi connectivity index (χ2v) is 6.22. The zero-order chi connectivity index (χ0) is 16.4. The second kappa shape index (κ2) is 6.41. The van der Waals surface area contributed by atoms with Gasteiger partial charge in [-0.25, -0.2) is 0 Å². The zero-order valence-corrected chi connectivity index (χ0v) is 13.2. The highest BCUT2D eigenvalue weighted by Crippen LogP contribution is 2.38. The van der Waals surface area contributed by atoms with E-state index >= 15 is 0 Å². The minimum atomic E-state index is -1.50. The molecule has 4 nitrogen and oxygen atoms in total. The summed E-state index contributed by atoms with van der Waals surface area (Å²) in [5, 5.41) is 11.0. The van der Waals surface area contributed by atoms with Crippen molar-refractivity contribution >= 4 is 6.09 Å². The van der Waals surface area contributed by atoms with Crippen molar-refractivity contribution in [3.05, 3.63) is 58.0 Å². The molecule has 2 aromatic rings. The molecule has 0 atom stereocenters. The lowest BCUT2D eigenvalue weighted by atomic mass is 9.80. The molecule has 0 N–H and O–H groups in total. The van der Waals surface area contributed by atoms with Crippen molar-refractivity contribution in [3.63, 3.8) is 0 Å². The number of carboxylic acid groups (broad SMARTS) is 1. The van der Waals surface area contributed by atoms with E-state index < -0.39 is 11.7 Å². The molecule has 1 heterocycles. The Balaban J connectivity index is 2.11. The third-order valence-electron chi connectivity index (χ3n) is 4.83. The Morgan fingerprint density at radius 3 is 2.48 bits per heavy atom. The Morgan fingerprint density at radius 2 is 1.78 bits per heavy atom. The maximum absolute atomic E-state index is 12.2. The highest BCUT2D eigenvalue weighted by atomic mass is 16.4. The molecule has 120 valence electrons. The fraction of sp³-hybridized carbons (Fsp3) is 0.368. The number of nitrogens with zero attached hydrogens (tertiary/aromatic N) is 1. The number of pyridine rings is 1. The van der Waals surface area contributed by atoms with Crippen molar-refractivity contribution in [2.45, 2.75) is 44.9 Å². The van der Waals surface area contributed by atoms with Crippen molar-refractivity contribution in [1.82, 2.24) is 4.57 Å². The van der Waals surface area contributed by atoms with E-state index in [9.17, 15) is 14.7 Å². The smallest absolute Gasteiger partial charge is 0.259 e. The highest BCUT2D eigenvalue weighted by molar-refractivity contribution is 5.73. The lowest BCUT2D eigenvalue weighted by Crippen LogP contribution is -2.37. The van der Waals surface area contributed by atoms with Crippen LogP contribution in [-0.4, -0.2) is 10.7 Å². The van der Waals surface area contributed by atoms with Gasteiger partial charge in [0.25, 0.3) is 5.56 Å². The molecular formula is C19H20NO3-. The summed E-state index contributed by atoms with van der Waals surface area (Å²) in [5.74, 6) is 0.517. The summed E-state index contributed by atoms with van der Waals surface area (Å²) in [6, 6.07) is 9.86. The molecule has 3 rings (SSSR count). The van der Waals surface area contributed by atoms with Crippen LogP contribution in [0, 0.1) is 6.92 Å². The van der Waals surface area contributed by atoms with Gasteiger partial charge in [-0.15, -0.1) is 0 Å². The van der Waals surface area contributed by atoms with E-state index in [2.05, 4.69) is 6.07 Å². The summed E-state index contributed by atoms with van der Waals surface area (Å²) in [7, 11) is 0. The molecule has 0 radical (unpaired) electrons. The first-order valence-corrected chi connectivity index (χ1v) is 8.12. The van der Waals surface area contributed by atoms with Gasteiger partial charge in [-0.1, -0.05) is 43.5 Å². The fourth-order valence-corrected chi connectivity index (χ4v) is 3.59. The molecular weight excluding hydrogens is 290 g/mol. The highest BCUT2D eigenvalue weighted by Gasteiger charge is 2.20. The van der Waals surface area contributed by atoms with Crippen molar-refractivity contribution < 1.29 is 9.90 Å². The van der Waals surface area contributed by atoms with Crippen molar-refractivity contribution in [2.75, 3.05) is 0 Å². The predicted molar refractivity (Wildman–Crippen MR) is 87.5 cm³/mol. The zero-order valence-electron chi connectivity index (χ0n) is 13.2. The lowest BCUT2D eigenvalue weighted by Gasteiger charge is -2.25. The molecule has 0 aliphatic heterocycles. The van der Waals surface area contributed by atoms with Crippen LogP contribution in [0.5, 0.6) is 0 Å². The molecule has 1 aromatic carbocycles. The van der Waals surface area contributed by atoms with Crippen LogP contribution in [0.3, 0.4) is 0 Å². The first-order valence-electron chi connectivity index (χ1n) is 8.12. The topological polar surface area (TPSA) is 62.1 Å². The number of hydrogen-bond acceptors (Lipinski definition) is 3. The van der Waals surface area contributed by atoms with Crippen LogP contribution in [0.4, 0.5) is 4.79 Å². The molecule has 4 heteroatoms. The molecule has 1 aromatic heterocycles. The standard InChI is InChI=1S/C19H21NO3/c1-13-15(11-12-20(18(13)21)19(22)23)17-10-6-5-9-16(17)14-7-3-2-4-8-14/h5-6,9-12,14H,2-4,7-8H2,1H3,(H,22,23)/p-1. The predicted octanol–water partition coefficient (Wildman–Crippen LogP) is 3.06. The number of hydrogen-bond donors (Lipinski definition) is 0. The SMILES string of the molecule is Cc1c(-c2ccccc2C2CCCCC2)ccn(C(=O)[O-])c1=O. The van der Waals surface area contributed by atoms with E-state index in [1.54, 1.807) is 13.0 Å². The normalized spacial score (nSPS) is 15.5. The number of rotatable bonds is 2. The van der Waals surface area contributed by atoms with E-state index in [-0.39, 0.29) is 0 Å². The fourth-order valence-electron chi connectivity index (χ4n) is 3.59. The first-order chi connectivity index (χ1) is 11.1. The van der Waals surface area contributed by atoms with Crippen LogP contribution < -0.4 is 10.7 Å². The number of carbonyl (C=O) groups excluding carboxylic acids is 1. The van der Waals surface area contributed by atoms with E-state index in [0.29, 0.717) is 16.0 Å². The quantitative estimate of drug-likeness (QED) is 0.856. The third kappa shape index (κ3) is 2.93. The Bertz CT molecular complexity index is 785. The minimum Gasteiger partial charge on any atom is -0.529 e. The van der Waals surface area contributed by atoms with Crippen LogP contribution in [0.25, 0.3) is 11.1 Å². The van der Waals surface area contributed by atoms with Gasteiger partial charge in [-0.2, -0.15) is 0 Å². The maximum atomic E-state index is 12.2. The summed E-state index contributed by atoms with van der Waals surface area (Å²) in [5.41, 5.74) is 3.04. The van der Waals surface area contributed by atoms with E-state index in [4.69, 9.17) is 0 Å². The van der Waals surface area contributed by atoms with Crippen LogP contribution in [0.15, 0.2) is 41.3 Å².